The van der Waals surface area contributed by atoms with E-state index < -0.39 is 5.41 Å². The van der Waals surface area contributed by atoms with Gasteiger partial charge in [-0.3, -0.25) is 0 Å². The molecule has 8 aromatic carbocycles. The van der Waals surface area contributed by atoms with Gasteiger partial charge < -0.3 is 4.57 Å². The van der Waals surface area contributed by atoms with Crippen LogP contribution in [0.3, 0.4) is 0 Å². The fourth-order valence-electron chi connectivity index (χ4n) is 9.78. The van der Waals surface area contributed by atoms with Crippen molar-refractivity contribution in [2.24, 2.45) is 0 Å². The molecule has 0 unspecified atom stereocenters. The molecule has 1 spiro atoms. The predicted octanol–water partition coefficient (Wildman–Crippen LogP) is 10.6. The number of nitrogens with zero attached hydrogens (tertiary/aromatic N) is 1. The van der Waals surface area contributed by atoms with Crippen molar-refractivity contribution in [2.75, 3.05) is 0 Å². The van der Waals surface area contributed by atoms with Crippen LogP contribution in [0.4, 0.5) is 0 Å². The Morgan fingerprint density at radius 2 is 0.880 bits per heavy atom. The van der Waals surface area contributed by atoms with Gasteiger partial charge in [-0.1, -0.05) is 140 Å². The third-order valence-corrected chi connectivity index (χ3v) is 11.7. The van der Waals surface area contributed by atoms with Gasteiger partial charge in [0.25, 0.3) is 0 Å². The SMILES string of the molecule is C1=CC2(C3=c4cc5c6ccccc6c6ccccc6c5cc4=CC3=C1n1c3ccccc3c3ccccc31)c1ccccc1-c1ccccc12. The summed E-state index contributed by atoms with van der Waals surface area (Å²) < 4.78 is 2.50. The zero-order chi connectivity index (χ0) is 32.6. The fraction of sp³-hybridized carbons (Fsp3) is 0.0204. The summed E-state index contributed by atoms with van der Waals surface area (Å²) >= 11 is 0. The minimum absolute atomic E-state index is 0.424. The maximum Gasteiger partial charge on any atom is 0.0660 e. The van der Waals surface area contributed by atoms with Crippen molar-refractivity contribution in [3.63, 3.8) is 0 Å². The van der Waals surface area contributed by atoms with Gasteiger partial charge in [-0.2, -0.15) is 0 Å². The lowest BCUT2D eigenvalue weighted by Crippen LogP contribution is -2.34. The Kier molecular flexibility index (Phi) is 4.97. The lowest BCUT2D eigenvalue weighted by molar-refractivity contribution is 0.857. The second-order valence-electron chi connectivity index (χ2n) is 14.0. The fourth-order valence-corrected chi connectivity index (χ4v) is 9.78. The minimum Gasteiger partial charge on any atom is -0.309 e. The van der Waals surface area contributed by atoms with Crippen LogP contribution in [0.25, 0.3) is 82.6 Å². The second kappa shape index (κ2) is 9.37. The van der Waals surface area contributed by atoms with Crippen molar-refractivity contribution in [3.05, 3.63) is 197 Å². The highest BCUT2D eigenvalue weighted by atomic mass is 15.0. The molecule has 1 aromatic heterocycles. The number of allylic oxidation sites excluding steroid dienone is 4. The van der Waals surface area contributed by atoms with E-state index in [1.165, 1.54) is 104 Å². The van der Waals surface area contributed by atoms with Crippen LogP contribution in [-0.2, 0) is 5.41 Å². The van der Waals surface area contributed by atoms with Gasteiger partial charge in [0.15, 0.2) is 0 Å². The molecule has 9 aromatic rings. The first kappa shape index (κ1) is 26.5. The number of aromatic nitrogens is 1. The Hall–Kier alpha value is -6.44. The van der Waals surface area contributed by atoms with E-state index in [1.807, 2.05) is 0 Å². The molecule has 230 valence electrons. The van der Waals surface area contributed by atoms with Gasteiger partial charge in [0.1, 0.15) is 0 Å². The first-order chi connectivity index (χ1) is 24.8. The number of fused-ring (bicyclic) bond motifs is 17. The van der Waals surface area contributed by atoms with E-state index in [1.54, 1.807) is 0 Å². The smallest absolute Gasteiger partial charge is 0.0660 e. The minimum atomic E-state index is -0.424. The monoisotopic (exact) mass is 631 g/mol. The van der Waals surface area contributed by atoms with E-state index >= 15 is 0 Å². The highest BCUT2D eigenvalue weighted by Gasteiger charge is 2.48. The van der Waals surface area contributed by atoms with Gasteiger partial charge >= 0.3 is 0 Å². The molecule has 0 N–H and O–H groups in total. The molecule has 0 radical (unpaired) electrons. The lowest BCUT2D eigenvalue weighted by Gasteiger charge is -2.36. The molecule has 50 heavy (non-hydrogen) atoms. The van der Waals surface area contributed by atoms with Crippen LogP contribution < -0.4 is 10.4 Å². The molecule has 0 amide bonds. The quantitative estimate of drug-likeness (QED) is 0.159. The van der Waals surface area contributed by atoms with Crippen molar-refractivity contribution in [2.45, 2.75) is 5.41 Å². The van der Waals surface area contributed by atoms with Crippen molar-refractivity contribution in [3.8, 4) is 11.1 Å². The maximum atomic E-state index is 2.52. The Morgan fingerprint density at radius 3 is 1.46 bits per heavy atom. The summed E-state index contributed by atoms with van der Waals surface area (Å²) in [5.41, 5.74) is 11.3. The Labute approximate surface area is 288 Å². The number of benzene rings is 8. The van der Waals surface area contributed by atoms with Crippen LogP contribution in [0, 0.1) is 0 Å². The van der Waals surface area contributed by atoms with Gasteiger partial charge in [0.2, 0.25) is 0 Å². The standard InChI is InChI=1S/C49H29N/c1-3-15-33-31(13-1)32-14-2-4-16-34(32)41-29-39-30(27-40(33)41)28-42-47(50-45-23-11-7-19-37(45)38-20-8-12-24-46(38)50)25-26-49(48(39)42)43-21-9-5-17-35(43)36-18-6-10-22-44(36)49/h1-29H. The number of hydrogen-bond donors (Lipinski definition) is 0. The van der Waals surface area contributed by atoms with Crippen LogP contribution in [0.15, 0.2) is 175 Å². The Bertz CT molecular complexity index is 3100. The second-order valence-corrected chi connectivity index (χ2v) is 14.0. The zero-order valence-corrected chi connectivity index (χ0v) is 27.2. The van der Waals surface area contributed by atoms with Crippen molar-refractivity contribution < 1.29 is 0 Å². The van der Waals surface area contributed by atoms with Gasteiger partial charge in [0.05, 0.1) is 22.1 Å². The molecule has 1 heteroatoms. The summed E-state index contributed by atoms with van der Waals surface area (Å²) in [5.74, 6) is 0. The topological polar surface area (TPSA) is 4.93 Å². The predicted molar refractivity (Wildman–Crippen MR) is 211 cm³/mol. The van der Waals surface area contributed by atoms with Crippen molar-refractivity contribution in [1.82, 2.24) is 4.57 Å². The van der Waals surface area contributed by atoms with E-state index in [4.69, 9.17) is 0 Å². The van der Waals surface area contributed by atoms with Gasteiger partial charge in [-0.25, -0.2) is 0 Å². The summed E-state index contributed by atoms with van der Waals surface area (Å²) in [7, 11) is 0. The van der Waals surface area contributed by atoms with Gasteiger partial charge in [-0.05, 0) is 107 Å². The maximum absolute atomic E-state index is 2.52. The third-order valence-electron chi connectivity index (χ3n) is 11.7. The lowest BCUT2D eigenvalue weighted by atomic mass is 9.67. The van der Waals surface area contributed by atoms with Crippen molar-refractivity contribution in [1.29, 1.82) is 0 Å². The number of rotatable bonds is 1. The number of hydrogen-bond acceptors (Lipinski definition) is 0. The molecule has 0 saturated carbocycles. The summed E-state index contributed by atoms with van der Waals surface area (Å²) in [6.07, 6.45) is 7.42. The van der Waals surface area contributed by atoms with Gasteiger partial charge in [-0.15, -0.1) is 0 Å². The van der Waals surface area contributed by atoms with E-state index in [0.717, 1.165) is 0 Å². The van der Waals surface area contributed by atoms with Crippen LogP contribution in [-0.4, -0.2) is 4.57 Å². The molecule has 3 aliphatic carbocycles. The molecule has 0 atom stereocenters. The van der Waals surface area contributed by atoms with E-state index in [0.29, 0.717) is 0 Å². The highest BCUT2D eigenvalue weighted by molar-refractivity contribution is 6.25. The molecule has 0 fully saturated rings. The Balaban J connectivity index is 1.31. The normalized spacial score (nSPS) is 15.3. The van der Waals surface area contributed by atoms with E-state index in [-0.39, 0.29) is 0 Å². The zero-order valence-electron chi connectivity index (χ0n) is 27.2. The molecular weight excluding hydrogens is 603 g/mol. The highest BCUT2D eigenvalue weighted by Crippen LogP contribution is 2.58. The molecule has 0 aliphatic heterocycles. The van der Waals surface area contributed by atoms with Crippen LogP contribution in [0.5, 0.6) is 0 Å². The molecule has 0 saturated heterocycles. The molecular formula is C49H29N. The summed E-state index contributed by atoms with van der Waals surface area (Å²) in [5, 5.41) is 13.0. The van der Waals surface area contributed by atoms with E-state index in [2.05, 4.69) is 181 Å². The molecule has 12 rings (SSSR count). The molecule has 3 aliphatic rings. The summed E-state index contributed by atoms with van der Waals surface area (Å²) in [6.45, 7) is 0. The van der Waals surface area contributed by atoms with Gasteiger partial charge in [0, 0.05) is 16.3 Å². The average Bonchev–Trinajstić information content (AvgIpc) is 3.82. The van der Waals surface area contributed by atoms with Crippen LogP contribution in [0.2, 0.25) is 0 Å². The molecule has 1 nitrogen and oxygen atoms in total. The summed E-state index contributed by atoms with van der Waals surface area (Å²) in [6, 6.07) is 58.7. The van der Waals surface area contributed by atoms with Crippen LogP contribution >= 0.6 is 0 Å². The summed E-state index contributed by atoms with van der Waals surface area (Å²) in [4.78, 5) is 0. The molecule has 0 bridgehead atoms. The van der Waals surface area contributed by atoms with Crippen LogP contribution in [0.1, 0.15) is 11.1 Å². The average molecular weight is 632 g/mol. The number of para-hydroxylation sites is 2. The molecule has 1 heterocycles. The first-order valence-corrected chi connectivity index (χ1v) is 17.5. The Morgan fingerprint density at radius 1 is 0.420 bits per heavy atom. The first-order valence-electron chi connectivity index (χ1n) is 17.5. The third kappa shape index (κ3) is 3.14. The van der Waals surface area contributed by atoms with Crippen molar-refractivity contribution >= 4 is 71.5 Å². The van der Waals surface area contributed by atoms with E-state index in [9.17, 15) is 0 Å². The largest absolute Gasteiger partial charge is 0.309 e.